The average Bonchev–Trinajstić information content (AvgIpc) is 3.69. The molecule has 0 amide bonds. The molecule has 4 heteroatoms. The summed E-state index contributed by atoms with van der Waals surface area (Å²) in [5.41, 5.74) is 14.2. The second-order valence-corrected chi connectivity index (χ2v) is 14.5. The Labute approximate surface area is 285 Å². The first-order valence-electron chi connectivity index (χ1n) is 17.1. The van der Waals surface area contributed by atoms with Gasteiger partial charge in [-0.05, 0) is 44.5 Å². The van der Waals surface area contributed by atoms with Crippen LogP contribution in [0.3, 0.4) is 0 Å². The van der Waals surface area contributed by atoms with Crippen molar-refractivity contribution >= 4 is 21.8 Å². The molecule has 234 valence electrons. The van der Waals surface area contributed by atoms with Crippen LogP contribution in [-0.2, 0) is 10.8 Å². The fraction of sp³-hybridized carbons (Fsp3) is 0.133. The predicted molar refractivity (Wildman–Crippen MR) is 200 cm³/mol. The molecule has 0 unspecified atom stereocenters. The van der Waals surface area contributed by atoms with E-state index in [1.807, 2.05) is 36.4 Å². The van der Waals surface area contributed by atoms with Crippen molar-refractivity contribution in [1.29, 1.82) is 0 Å². The Bertz CT molecular complexity index is 2470. The lowest BCUT2D eigenvalue weighted by atomic mass is 9.81. The normalized spacial score (nSPS) is 14.9. The van der Waals surface area contributed by atoms with Gasteiger partial charge in [0.25, 0.3) is 0 Å². The maximum atomic E-state index is 5.36. The zero-order valence-corrected chi connectivity index (χ0v) is 28.0. The highest BCUT2D eigenvalue weighted by atomic mass is 15.2. The monoisotopic (exact) mass is 630 g/mol. The minimum absolute atomic E-state index is 0.239. The van der Waals surface area contributed by atoms with Crippen molar-refractivity contribution in [3.63, 3.8) is 0 Å². The van der Waals surface area contributed by atoms with Gasteiger partial charge >= 0.3 is 0 Å². The molecule has 0 N–H and O–H groups in total. The summed E-state index contributed by atoms with van der Waals surface area (Å²) in [5.74, 6) is 1.95. The van der Waals surface area contributed by atoms with E-state index in [-0.39, 0.29) is 10.8 Å². The largest absolute Gasteiger partial charge is 0.277 e. The molecule has 2 aliphatic rings. The van der Waals surface area contributed by atoms with Gasteiger partial charge in [0.2, 0.25) is 5.95 Å². The molecule has 0 saturated heterocycles. The number of hydrogen-bond acceptors (Lipinski definition) is 3. The zero-order valence-electron chi connectivity index (χ0n) is 28.0. The van der Waals surface area contributed by atoms with E-state index in [2.05, 4.69) is 129 Å². The van der Waals surface area contributed by atoms with Crippen LogP contribution in [-0.4, -0.2) is 19.5 Å². The average molecular weight is 631 g/mol. The number of nitrogens with zero attached hydrogens (tertiary/aromatic N) is 4. The third-order valence-electron chi connectivity index (χ3n) is 11.0. The lowest BCUT2D eigenvalue weighted by molar-refractivity contribution is 0.659. The van der Waals surface area contributed by atoms with Crippen LogP contribution >= 0.6 is 0 Å². The number of fused-ring (bicyclic) bond motifs is 11. The van der Waals surface area contributed by atoms with E-state index in [4.69, 9.17) is 15.0 Å². The molecule has 2 aromatic heterocycles. The summed E-state index contributed by atoms with van der Waals surface area (Å²) in [6.45, 7) is 9.45. The Morgan fingerprint density at radius 2 is 0.816 bits per heavy atom. The van der Waals surface area contributed by atoms with Crippen molar-refractivity contribution in [3.8, 4) is 51.0 Å². The first-order chi connectivity index (χ1) is 23.8. The van der Waals surface area contributed by atoms with E-state index in [9.17, 15) is 0 Å². The summed E-state index contributed by atoms with van der Waals surface area (Å²) in [7, 11) is 0. The van der Waals surface area contributed by atoms with Crippen LogP contribution in [0.2, 0.25) is 0 Å². The fourth-order valence-corrected chi connectivity index (χ4v) is 8.80. The third-order valence-corrected chi connectivity index (χ3v) is 11.0. The van der Waals surface area contributed by atoms with Gasteiger partial charge in [-0.15, -0.1) is 0 Å². The van der Waals surface area contributed by atoms with E-state index < -0.39 is 0 Å². The summed E-state index contributed by atoms with van der Waals surface area (Å²) in [6.07, 6.45) is 0. The van der Waals surface area contributed by atoms with E-state index in [0.29, 0.717) is 17.6 Å². The van der Waals surface area contributed by atoms with Gasteiger partial charge in [-0.3, -0.25) is 4.57 Å². The van der Waals surface area contributed by atoms with Gasteiger partial charge in [0.1, 0.15) is 0 Å². The van der Waals surface area contributed by atoms with E-state index in [1.54, 1.807) is 0 Å². The maximum Gasteiger partial charge on any atom is 0.238 e. The Kier molecular flexibility index (Phi) is 5.65. The van der Waals surface area contributed by atoms with Crippen LogP contribution in [0.4, 0.5) is 0 Å². The van der Waals surface area contributed by atoms with Gasteiger partial charge in [-0.1, -0.05) is 161 Å². The summed E-state index contributed by atoms with van der Waals surface area (Å²) in [4.78, 5) is 15.8. The van der Waals surface area contributed by atoms with Crippen LogP contribution in [0.25, 0.3) is 72.8 Å². The maximum absolute atomic E-state index is 5.36. The highest BCUT2D eigenvalue weighted by Gasteiger charge is 2.42. The van der Waals surface area contributed by atoms with Crippen molar-refractivity contribution in [1.82, 2.24) is 19.5 Å². The molecule has 6 aromatic carbocycles. The molecule has 2 aliphatic carbocycles. The first kappa shape index (κ1) is 28.2. The van der Waals surface area contributed by atoms with Gasteiger partial charge in [0, 0.05) is 32.7 Å². The number of benzene rings is 6. The molecule has 0 aliphatic heterocycles. The minimum atomic E-state index is -0.239. The molecular weight excluding hydrogens is 597 g/mol. The van der Waals surface area contributed by atoms with Gasteiger partial charge in [-0.2, -0.15) is 9.97 Å². The molecule has 0 bridgehead atoms. The van der Waals surface area contributed by atoms with Crippen LogP contribution < -0.4 is 0 Å². The molecule has 0 radical (unpaired) electrons. The molecule has 49 heavy (non-hydrogen) atoms. The SMILES string of the molecule is CC1(C)c2ccccc2-c2ccc3c4ccc5c(c4n(-c4nc(-c6ccccc6)nc(-c6ccccc6)n4)c3c21)C(C)(C)c1ccccc1-5. The molecule has 0 fully saturated rings. The van der Waals surface area contributed by atoms with E-state index >= 15 is 0 Å². The lowest BCUT2D eigenvalue weighted by Gasteiger charge is -2.25. The fourth-order valence-electron chi connectivity index (χ4n) is 8.80. The van der Waals surface area contributed by atoms with Crippen molar-refractivity contribution in [2.24, 2.45) is 0 Å². The van der Waals surface area contributed by atoms with Gasteiger partial charge < -0.3 is 0 Å². The zero-order chi connectivity index (χ0) is 33.1. The van der Waals surface area contributed by atoms with Crippen LogP contribution in [0, 0.1) is 0 Å². The smallest absolute Gasteiger partial charge is 0.238 e. The second kappa shape index (κ2) is 9.83. The Morgan fingerprint density at radius 1 is 0.408 bits per heavy atom. The quantitative estimate of drug-likeness (QED) is 0.195. The minimum Gasteiger partial charge on any atom is -0.277 e. The van der Waals surface area contributed by atoms with Crippen molar-refractivity contribution in [2.75, 3.05) is 0 Å². The molecule has 2 heterocycles. The Hall–Kier alpha value is -5.87. The first-order valence-corrected chi connectivity index (χ1v) is 17.1. The number of aromatic nitrogens is 4. The standard InChI is InChI=1S/C45H34N4/c1-44(2)35-21-13-11-19-29(35)31-23-25-33-34-26-24-32-30-20-12-14-22-36(30)45(3,4)38(32)40(34)49(39(33)37(31)44)43-47-41(27-15-7-5-8-16-27)46-42(48-43)28-17-9-6-10-18-28/h5-26H,1-4H3. The predicted octanol–water partition coefficient (Wildman–Crippen LogP) is 10.9. The summed E-state index contributed by atoms with van der Waals surface area (Å²) in [5, 5.41) is 2.43. The second-order valence-electron chi connectivity index (χ2n) is 14.5. The summed E-state index contributed by atoms with van der Waals surface area (Å²) >= 11 is 0. The Morgan fingerprint density at radius 3 is 1.27 bits per heavy atom. The highest BCUT2D eigenvalue weighted by Crippen LogP contribution is 2.56. The van der Waals surface area contributed by atoms with E-state index in [1.165, 1.54) is 55.3 Å². The number of hydrogen-bond donors (Lipinski definition) is 0. The van der Waals surface area contributed by atoms with Crippen molar-refractivity contribution in [3.05, 3.63) is 156 Å². The van der Waals surface area contributed by atoms with Gasteiger partial charge in [-0.25, -0.2) is 4.98 Å². The van der Waals surface area contributed by atoms with Crippen molar-refractivity contribution < 1.29 is 0 Å². The van der Waals surface area contributed by atoms with Crippen LogP contribution in [0.5, 0.6) is 0 Å². The van der Waals surface area contributed by atoms with E-state index in [0.717, 1.165) is 22.2 Å². The molecule has 4 nitrogen and oxygen atoms in total. The summed E-state index contributed by atoms with van der Waals surface area (Å²) in [6, 6.07) is 47.6. The summed E-state index contributed by atoms with van der Waals surface area (Å²) < 4.78 is 2.39. The van der Waals surface area contributed by atoms with Crippen molar-refractivity contribution in [2.45, 2.75) is 38.5 Å². The number of rotatable bonds is 3. The topological polar surface area (TPSA) is 43.6 Å². The van der Waals surface area contributed by atoms with Crippen LogP contribution in [0.1, 0.15) is 49.9 Å². The lowest BCUT2D eigenvalue weighted by Crippen LogP contribution is -2.19. The highest BCUT2D eigenvalue weighted by molar-refractivity contribution is 6.15. The molecule has 0 saturated carbocycles. The molecule has 8 aromatic rings. The Balaban J connectivity index is 1.41. The molecule has 0 atom stereocenters. The molecular formula is C45H34N4. The molecule has 0 spiro atoms. The van der Waals surface area contributed by atoms with Gasteiger partial charge in [0.15, 0.2) is 11.6 Å². The van der Waals surface area contributed by atoms with Crippen LogP contribution in [0.15, 0.2) is 133 Å². The van der Waals surface area contributed by atoms with Gasteiger partial charge in [0.05, 0.1) is 11.0 Å². The third kappa shape index (κ3) is 3.77. The molecule has 10 rings (SSSR count).